The highest BCUT2D eigenvalue weighted by Crippen LogP contribution is 2.26. The van der Waals surface area contributed by atoms with Gasteiger partial charge < -0.3 is 5.11 Å². The lowest BCUT2D eigenvalue weighted by atomic mass is 10.1. The Morgan fingerprint density at radius 1 is 1.64 bits per heavy atom. The Morgan fingerprint density at radius 3 is 3.07 bits per heavy atom. The normalized spacial score (nSPS) is 10.4. The van der Waals surface area contributed by atoms with Gasteiger partial charge in [0.15, 0.2) is 0 Å². The maximum absolute atomic E-state index is 9.19. The number of fused-ring (bicyclic) bond motifs is 1. The number of pyridine rings is 1. The van der Waals surface area contributed by atoms with Gasteiger partial charge in [-0.2, -0.15) is 9.64 Å². The number of rotatable bonds is 1. The minimum atomic E-state index is -0.152. The second-order valence-electron chi connectivity index (χ2n) is 2.87. The SMILES string of the molecule is Cc1nsc2ncc(C#N)c(CO)c12. The van der Waals surface area contributed by atoms with Crippen LogP contribution in [0, 0.1) is 18.3 Å². The molecular formula is C9H7N3OS. The van der Waals surface area contributed by atoms with E-state index >= 15 is 0 Å². The van der Waals surface area contributed by atoms with E-state index in [1.54, 1.807) is 0 Å². The van der Waals surface area contributed by atoms with Gasteiger partial charge in [-0.15, -0.1) is 0 Å². The summed E-state index contributed by atoms with van der Waals surface area (Å²) in [7, 11) is 0. The Bertz CT molecular complexity index is 527. The van der Waals surface area contributed by atoms with Gasteiger partial charge in [-0.25, -0.2) is 4.98 Å². The number of hydrogen-bond donors (Lipinski definition) is 1. The summed E-state index contributed by atoms with van der Waals surface area (Å²) in [6.07, 6.45) is 1.48. The van der Waals surface area contributed by atoms with Crippen LogP contribution in [0.1, 0.15) is 16.8 Å². The molecule has 0 atom stereocenters. The molecule has 2 rings (SSSR count). The highest BCUT2D eigenvalue weighted by atomic mass is 32.1. The zero-order valence-electron chi connectivity index (χ0n) is 7.48. The topological polar surface area (TPSA) is 69.8 Å². The Balaban J connectivity index is 2.89. The predicted octanol–water partition coefficient (Wildman–Crippen LogP) is 1.36. The average Bonchev–Trinajstić information content (AvgIpc) is 2.59. The van der Waals surface area contributed by atoms with Crippen molar-refractivity contribution in [3.05, 3.63) is 23.0 Å². The zero-order chi connectivity index (χ0) is 10.1. The fourth-order valence-corrected chi connectivity index (χ4v) is 2.17. The molecule has 0 unspecified atom stereocenters. The Labute approximate surface area is 84.6 Å². The Kier molecular flexibility index (Phi) is 2.15. The fraction of sp³-hybridized carbons (Fsp3) is 0.222. The van der Waals surface area contributed by atoms with Crippen LogP contribution in [0.4, 0.5) is 0 Å². The van der Waals surface area contributed by atoms with E-state index in [1.807, 2.05) is 13.0 Å². The van der Waals surface area contributed by atoms with E-state index < -0.39 is 0 Å². The quantitative estimate of drug-likeness (QED) is 0.763. The molecule has 0 radical (unpaired) electrons. The second kappa shape index (κ2) is 3.33. The number of aryl methyl sites for hydroxylation is 1. The number of nitrogens with zero attached hydrogens (tertiary/aromatic N) is 3. The van der Waals surface area contributed by atoms with Crippen LogP contribution in [0.3, 0.4) is 0 Å². The van der Waals surface area contributed by atoms with Crippen molar-refractivity contribution in [1.82, 2.24) is 9.36 Å². The van der Waals surface area contributed by atoms with Crippen molar-refractivity contribution in [3.63, 3.8) is 0 Å². The molecule has 2 aromatic heterocycles. The molecule has 0 saturated heterocycles. The van der Waals surface area contributed by atoms with Gasteiger partial charge in [0.1, 0.15) is 10.9 Å². The molecule has 70 valence electrons. The largest absolute Gasteiger partial charge is 0.392 e. The minimum absolute atomic E-state index is 0.152. The van der Waals surface area contributed by atoms with Gasteiger partial charge in [0.05, 0.1) is 17.9 Å². The Hall–Kier alpha value is -1.51. The standard InChI is InChI=1S/C9H7N3OS/c1-5-8-7(4-13)6(2-10)3-11-9(8)14-12-5/h3,13H,4H2,1H3. The van der Waals surface area contributed by atoms with Crippen molar-refractivity contribution in [2.45, 2.75) is 13.5 Å². The van der Waals surface area contributed by atoms with Crippen LogP contribution in [0.5, 0.6) is 0 Å². The van der Waals surface area contributed by atoms with Crippen molar-refractivity contribution in [2.24, 2.45) is 0 Å². The number of hydrogen-bond acceptors (Lipinski definition) is 5. The number of aliphatic hydroxyl groups excluding tert-OH is 1. The first kappa shape index (κ1) is 9.06. The van der Waals surface area contributed by atoms with E-state index in [2.05, 4.69) is 9.36 Å². The fourth-order valence-electron chi connectivity index (χ4n) is 1.39. The molecule has 4 nitrogen and oxygen atoms in total. The summed E-state index contributed by atoms with van der Waals surface area (Å²) in [6.45, 7) is 1.70. The van der Waals surface area contributed by atoms with Crippen molar-refractivity contribution < 1.29 is 5.11 Å². The van der Waals surface area contributed by atoms with Gasteiger partial charge in [0.2, 0.25) is 0 Å². The summed E-state index contributed by atoms with van der Waals surface area (Å²) in [5, 5.41) is 18.8. The molecule has 0 aliphatic rings. The molecule has 0 bridgehead atoms. The van der Waals surface area contributed by atoms with E-state index in [4.69, 9.17) is 5.26 Å². The third kappa shape index (κ3) is 1.16. The van der Waals surface area contributed by atoms with Gasteiger partial charge in [-0.05, 0) is 18.5 Å². The number of nitriles is 1. The molecule has 0 amide bonds. The van der Waals surface area contributed by atoms with Crippen LogP contribution in [0.2, 0.25) is 0 Å². The summed E-state index contributed by atoms with van der Waals surface area (Å²) in [5.74, 6) is 0. The maximum Gasteiger partial charge on any atom is 0.144 e. The first-order chi connectivity index (χ1) is 6.77. The molecule has 0 aliphatic heterocycles. The van der Waals surface area contributed by atoms with Crippen LogP contribution >= 0.6 is 11.5 Å². The monoisotopic (exact) mass is 205 g/mol. The highest BCUT2D eigenvalue weighted by Gasteiger charge is 2.12. The summed E-state index contributed by atoms with van der Waals surface area (Å²) >= 11 is 1.28. The molecule has 0 fully saturated rings. The van der Waals surface area contributed by atoms with E-state index in [0.29, 0.717) is 11.1 Å². The van der Waals surface area contributed by atoms with E-state index in [1.165, 1.54) is 17.7 Å². The summed E-state index contributed by atoms with van der Waals surface area (Å²) in [5.41, 5.74) is 1.87. The third-order valence-corrected chi connectivity index (χ3v) is 2.91. The van der Waals surface area contributed by atoms with Crippen molar-refractivity contribution >= 4 is 21.7 Å². The maximum atomic E-state index is 9.19. The summed E-state index contributed by atoms with van der Waals surface area (Å²) in [4.78, 5) is 4.87. The predicted molar refractivity (Wildman–Crippen MR) is 52.8 cm³/mol. The second-order valence-corrected chi connectivity index (χ2v) is 3.62. The first-order valence-corrected chi connectivity index (χ1v) is 4.80. The first-order valence-electron chi connectivity index (χ1n) is 4.02. The average molecular weight is 205 g/mol. The summed E-state index contributed by atoms with van der Waals surface area (Å²) in [6, 6.07) is 2.01. The molecule has 0 spiro atoms. The van der Waals surface area contributed by atoms with E-state index in [0.717, 1.165) is 15.9 Å². The van der Waals surface area contributed by atoms with Gasteiger partial charge in [-0.1, -0.05) is 0 Å². The van der Waals surface area contributed by atoms with Crippen molar-refractivity contribution in [2.75, 3.05) is 0 Å². The number of aliphatic hydroxyl groups is 1. The number of aromatic nitrogens is 2. The van der Waals surface area contributed by atoms with Crippen LogP contribution in [-0.4, -0.2) is 14.5 Å². The third-order valence-electron chi connectivity index (χ3n) is 2.06. The van der Waals surface area contributed by atoms with Gasteiger partial charge in [0, 0.05) is 17.1 Å². The van der Waals surface area contributed by atoms with Gasteiger partial charge in [0.25, 0.3) is 0 Å². The molecule has 1 N–H and O–H groups in total. The Morgan fingerprint density at radius 2 is 2.43 bits per heavy atom. The lowest BCUT2D eigenvalue weighted by Crippen LogP contribution is -1.93. The van der Waals surface area contributed by atoms with E-state index in [9.17, 15) is 5.11 Å². The molecule has 0 aromatic carbocycles. The molecule has 14 heavy (non-hydrogen) atoms. The van der Waals surface area contributed by atoms with Crippen LogP contribution in [0.15, 0.2) is 6.20 Å². The molecule has 0 aliphatic carbocycles. The highest BCUT2D eigenvalue weighted by molar-refractivity contribution is 7.12. The molecule has 2 aromatic rings. The van der Waals surface area contributed by atoms with Crippen LogP contribution in [0.25, 0.3) is 10.2 Å². The molecule has 0 saturated carbocycles. The molecule has 2 heterocycles. The molecule has 5 heteroatoms. The summed E-state index contributed by atoms with van der Waals surface area (Å²) < 4.78 is 4.14. The van der Waals surface area contributed by atoms with E-state index in [-0.39, 0.29) is 6.61 Å². The van der Waals surface area contributed by atoms with Crippen molar-refractivity contribution in [3.8, 4) is 6.07 Å². The van der Waals surface area contributed by atoms with Crippen LogP contribution in [-0.2, 0) is 6.61 Å². The lowest BCUT2D eigenvalue weighted by Gasteiger charge is -2.00. The van der Waals surface area contributed by atoms with Crippen molar-refractivity contribution in [1.29, 1.82) is 5.26 Å². The molecular weight excluding hydrogens is 198 g/mol. The van der Waals surface area contributed by atoms with Crippen LogP contribution < -0.4 is 0 Å². The lowest BCUT2D eigenvalue weighted by molar-refractivity contribution is 0.283. The smallest absolute Gasteiger partial charge is 0.144 e. The zero-order valence-corrected chi connectivity index (χ0v) is 8.30. The van der Waals surface area contributed by atoms with Gasteiger partial charge in [-0.3, -0.25) is 0 Å². The minimum Gasteiger partial charge on any atom is -0.392 e. The van der Waals surface area contributed by atoms with Gasteiger partial charge >= 0.3 is 0 Å².